The van der Waals surface area contributed by atoms with E-state index in [1.807, 2.05) is 19.9 Å². The van der Waals surface area contributed by atoms with E-state index >= 15 is 0 Å². The molecule has 2 rings (SSSR count). The largest absolute Gasteiger partial charge is 0.381 e. The van der Waals surface area contributed by atoms with E-state index in [0.717, 1.165) is 24.5 Å². The normalized spacial score (nSPS) is 24.7. The highest BCUT2D eigenvalue weighted by Gasteiger charge is 2.48. The summed E-state index contributed by atoms with van der Waals surface area (Å²) in [5, 5.41) is 6.65. The molecule has 1 aromatic heterocycles. The molecule has 2 atom stereocenters. The first-order valence-corrected chi connectivity index (χ1v) is 6.86. The lowest BCUT2D eigenvalue weighted by Crippen LogP contribution is -2.57. The third kappa shape index (κ3) is 2.81. The fourth-order valence-electron chi connectivity index (χ4n) is 2.59. The van der Waals surface area contributed by atoms with Gasteiger partial charge in [0.2, 0.25) is 5.95 Å². The molecular weight excluding hydrogens is 240 g/mol. The summed E-state index contributed by atoms with van der Waals surface area (Å²) < 4.78 is 5.47. The number of hydrogen-bond donors (Lipinski definition) is 2. The summed E-state index contributed by atoms with van der Waals surface area (Å²) in [4.78, 5) is 8.84. The number of anilines is 2. The third-order valence-electron chi connectivity index (χ3n) is 3.97. The van der Waals surface area contributed by atoms with Crippen molar-refractivity contribution < 1.29 is 4.74 Å². The molecule has 5 heteroatoms. The average Bonchev–Trinajstić information content (AvgIpc) is 2.33. The Kier molecular flexibility index (Phi) is 3.94. The molecule has 1 heterocycles. The highest BCUT2D eigenvalue weighted by molar-refractivity contribution is 5.44. The zero-order chi connectivity index (χ0) is 14.0. The van der Waals surface area contributed by atoms with Gasteiger partial charge in [0.15, 0.2) is 0 Å². The monoisotopic (exact) mass is 264 g/mol. The minimum Gasteiger partial charge on any atom is -0.381 e. The summed E-state index contributed by atoms with van der Waals surface area (Å²) in [5.41, 5.74) is 1.10. The predicted molar refractivity (Wildman–Crippen MR) is 77.5 cm³/mol. The molecule has 5 nitrogen and oxygen atoms in total. The van der Waals surface area contributed by atoms with Gasteiger partial charge in [-0.05, 0) is 20.3 Å². The van der Waals surface area contributed by atoms with Crippen molar-refractivity contribution in [3.63, 3.8) is 0 Å². The van der Waals surface area contributed by atoms with Crippen LogP contribution in [0.15, 0.2) is 6.07 Å². The predicted octanol–water partition coefficient (Wildman–Crippen LogP) is 2.44. The zero-order valence-corrected chi connectivity index (χ0v) is 12.4. The number of aryl methyl sites for hydroxylation is 1. The summed E-state index contributed by atoms with van der Waals surface area (Å²) in [5.74, 6) is 1.57. The molecule has 0 aromatic carbocycles. The van der Waals surface area contributed by atoms with Crippen molar-refractivity contribution in [3.05, 3.63) is 11.8 Å². The first-order chi connectivity index (χ1) is 8.97. The Morgan fingerprint density at radius 3 is 2.74 bits per heavy atom. The van der Waals surface area contributed by atoms with Crippen LogP contribution in [0.2, 0.25) is 0 Å². The van der Waals surface area contributed by atoms with Gasteiger partial charge in [-0.25, -0.2) is 4.98 Å². The van der Waals surface area contributed by atoms with Crippen LogP contribution in [0.1, 0.15) is 32.9 Å². The molecule has 2 unspecified atom stereocenters. The molecule has 1 aromatic rings. The van der Waals surface area contributed by atoms with Gasteiger partial charge < -0.3 is 15.4 Å². The van der Waals surface area contributed by atoms with Gasteiger partial charge in [-0.3, -0.25) is 0 Å². The Hall–Kier alpha value is -1.36. The molecule has 0 spiro atoms. The number of hydrogen-bond acceptors (Lipinski definition) is 5. The zero-order valence-electron chi connectivity index (χ0n) is 12.4. The molecule has 1 fully saturated rings. The summed E-state index contributed by atoms with van der Waals surface area (Å²) in [7, 11) is 1.78. The summed E-state index contributed by atoms with van der Waals surface area (Å²) in [6.45, 7) is 9.29. The minimum absolute atomic E-state index is 0.131. The van der Waals surface area contributed by atoms with Gasteiger partial charge in [0.05, 0.1) is 6.10 Å². The van der Waals surface area contributed by atoms with E-state index in [-0.39, 0.29) is 5.41 Å². The molecule has 1 saturated carbocycles. The lowest BCUT2D eigenvalue weighted by Gasteiger charge is -2.51. The van der Waals surface area contributed by atoms with Crippen LogP contribution in [0, 0.1) is 12.3 Å². The average molecular weight is 264 g/mol. The number of aromatic nitrogens is 2. The van der Waals surface area contributed by atoms with Crippen molar-refractivity contribution >= 4 is 11.8 Å². The molecule has 1 aliphatic carbocycles. The lowest BCUT2D eigenvalue weighted by atomic mass is 9.64. The second-order valence-electron chi connectivity index (χ2n) is 5.73. The van der Waals surface area contributed by atoms with Crippen LogP contribution in [0.5, 0.6) is 0 Å². The SMILES string of the molecule is CCNc1nc(C)cc(NC2CC(OC)C2(C)C)n1. The van der Waals surface area contributed by atoms with Gasteiger partial charge >= 0.3 is 0 Å². The van der Waals surface area contributed by atoms with Crippen LogP contribution in [0.3, 0.4) is 0 Å². The van der Waals surface area contributed by atoms with Gasteiger partial charge in [-0.2, -0.15) is 4.98 Å². The van der Waals surface area contributed by atoms with Gasteiger partial charge in [-0.15, -0.1) is 0 Å². The van der Waals surface area contributed by atoms with Crippen molar-refractivity contribution in [2.24, 2.45) is 5.41 Å². The topological polar surface area (TPSA) is 59.1 Å². The van der Waals surface area contributed by atoms with Crippen LogP contribution in [-0.2, 0) is 4.74 Å². The van der Waals surface area contributed by atoms with E-state index in [4.69, 9.17) is 4.74 Å². The minimum atomic E-state index is 0.131. The second kappa shape index (κ2) is 5.33. The fraction of sp³-hybridized carbons (Fsp3) is 0.714. The number of rotatable bonds is 5. The Labute approximate surface area is 115 Å². The smallest absolute Gasteiger partial charge is 0.224 e. The van der Waals surface area contributed by atoms with E-state index < -0.39 is 0 Å². The lowest BCUT2D eigenvalue weighted by molar-refractivity contribution is -0.0795. The summed E-state index contributed by atoms with van der Waals surface area (Å²) in [6, 6.07) is 2.37. The molecule has 2 N–H and O–H groups in total. The molecule has 19 heavy (non-hydrogen) atoms. The van der Waals surface area contributed by atoms with Crippen molar-refractivity contribution in [1.29, 1.82) is 0 Å². The van der Waals surface area contributed by atoms with Gasteiger partial charge in [0, 0.05) is 36.9 Å². The molecule has 106 valence electrons. The van der Waals surface area contributed by atoms with Crippen LogP contribution in [0.4, 0.5) is 11.8 Å². The maximum atomic E-state index is 5.47. The third-order valence-corrected chi connectivity index (χ3v) is 3.97. The number of nitrogens with one attached hydrogen (secondary N) is 2. The van der Waals surface area contributed by atoms with Crippen molar-refractivity contribution in [2.75, 3.05) is 24.3 Å². The van der Waals surface area contributed by atoms with E-state index in [9.17, 15) is 0 Å². The van der Waals surface area contributed by atoms with E-state index in [2.05, 4.69) is 34.4 Å². The Bertz CT molecular complexity index is 447. The quantitative estimate of drug-likeness (QED) is 0.855. The van der Waals surface area contributed by atoms with Crippen molar-refractivity contribution in [2.45, 2.75) is 46.3 Å². The van der Waals surface area contributed by atoms with Crippen LogP contribution in [0.25, 0.3) is 0 Å². The standard InChI is InChI=1S/C14H24N4O/c1-6-15-13-16-9(2)7-12(18-13)17-10-8-11(19-5)14(10,3)4/h7,10-11H,6,8H2,1-5H3,(H2,15,16,17,18). The maximum absolute atomic E-state index is 5.47. The van der Waals surface area contributed by atoms with Crippen molar-refractivity contribution in [1.82, 2.24) is 9.97 Å². The first kappa shape index (κ1) is 14.1. The number of methoxy groups -OCH3 is 1. The molecular formula is C14H24N4O. The number of ether oxygens (including phenoxy) is 1. The summed E-state index contributed by atoms with van der Waals surface area (Å²) >= 11 is 0. The van der Waals surface area contributed by atoms with Crippen LogP contribution in [-0.4, -0.2) is 35.8 Å². The molecule has 1 aliphatic rings. The van der Waals surface area contributed by atoms with E-state index in [1.165, 1.54) is 0 Å². The maximum Gasteiger partial charge on any atom is 0.224 e. The molecule has 0 radical (unpaired) electrons. The van der Waals surface area contributed by atoms with Crippen LogP contribution < -0.4 is 10.6 Å². The Balaban J connectivity index is 2.08. The molecule has 0 aliphatic heterocycles. The fourth-order valence-corrected chi connectivity index (χ4v) is 2.59. The Morgan fingerprint density at radius 2 is 2.16 bits per heavy atom. The summed E-state index contributed by atoms with van der Waals surface area (Å²) in [6.07, 6.45) is 1.34. The molecule has 0 amide bonds. The first-order valence-electron chi connectivity index (χ1n) is 6.86. The van der Waals surface area contributed by atoms with Gasteiger partial charge in [0.25, 0.3) is 0 Å². The van der Waals surface area contributed by atoms with Gasteiger partial charge in [0.1, 0.15) is 5.82 Å². The highest BCUT2D eigenvalue weighted by atomic mass is 16.5. The van der Waals surface area contributed by atoms with Gasteiger partial charge in [-0.1, -0.05) is 13.8 Å². The second-order valence-corrected chi connectivity index (χ2v) is 5.73. The van der Waals surface area contributed by atoms with Crippen LogP contribution >= 0.6 is 0 Å². The van der Waals surface area contributed by atoms with E-state index in [0.29, 0.717) is 18.1 Å². The van der Waals surface area contributed by atoms with E-state index in [1.54, 1.807) is 7.11 Å². The number of nitrogens with zero attached hydrogens (tertiary/aromatic N) is 2. The molecule has 0 saturated heterocycles. The van der Waals surface area contributed by atoms with Crippen molar-refractivity contribution in [3.8, 4) is 0 Å². The molecule has 0 bridgehead atoms. The highest BCUT2D eigenvalue weighted by Crippen LogP contribution is 2.43. The Morgan fingerprint density at radius 1 is 1.42 bits per heavy atom.